The molecule has 0 amide bonds. The molecule has 0 aromatic heterocycles. The van der Waals surface area contributed by atoms with Gasteiger partial charge in [-0.05, 0) is 38.1 Å². The van der Waals surface area contributed by atoms with E-state index in [1.54, 1.807) is 0 Å². The summed E-state index contributed by atoms with van der Waals surface area (Å²) in [5, 5.41) is 0. The van der Waals surface area contributed by atoms with Crippen molar-refractivity contribution in [1.82, 2.24) is 4.90 Å². The molecule has 1 saturated heterocycles. The lowest BCUT2D eigenvalue weighted by Crippen LogP contribution is -2.36. The third-order valence-corrected chi connectivity index (χ3v) is 5.87. The minimum atomic E-state index is -0.390. The van der Waals surface area contributed by atoms with Gasteiger partial charge in [0, 0.05) is 27.7 Å². The number of halogens is 1. The lowest BCUT2D eigenvalue weighted by molar-refractivity contribution is -0.147. The summed E-state index contributed by atoms with van der Waals surface area (Å²) in [6.45, 7) is 3.06. The number of piperidine rings is 1. The summed E-state index contributed by atoms with van der Waals surface area (Å²) >= 11 is 3.61. The summed E-state index contributed by atoms with van der Waals surface area (Å²) in [5.41, 5.74) is 3.21. The average molecular weight is 446 g/mol. The van der Waals surface area contributed by atoms with Crippen molar-refractivity contribution < 1.29 is 19.0 Å². The van der Waals surface area contributed by atoms with Gasteiger partial charge in [0.1, 0.15) is 5.75 Å². The van der Waals surface area contributed by atoms with Gasteiger partial charge in [0.15, 0.2) is 0 Å². The smallest absolute Gasteiger partial charge is 0.308 e. The summed E-state index contributed by atoms with van der Waals surface area (Å²) < 4.78 is 18.1. The van der Waals surface area contributed by atoms with Crippen molar-refractivity contribution >= 4 is 21.9 Å². The van der Waals surface area contributed by atoms with E-state index in [0.29, 0.717) is 6.61 Å². The quantitative estimate of drug-likeness (QED) is 0.650. The molecule has 0 aliphatic carbocycles. The van der Waals surface area contributed by atoms with Crippen LogP contribution in [0.4, 0.5) is 0 Å². The molecule has 0 bridgehead atoms. The molecule has 0 N–H and O–H groups in total. The number of methoxy groups -OCH3 is 1. The first-order valence-electron chi connectivity index (χ1n) is 9.58. The Morgan fingerprint density at radius 2 is 1.96 bits per heavy atom. The maximum absolute atomic E-state index is 11.8. The molecule has 148 valence electrons. The van der Waals surface area contributed by atoms with Crippen molar-refractivity contribution in [3.8, 4) is 5.75 Å². The zero-order valence-electron chi connectivity index (χ0n) is 15.9. The Morgan fingerprint density at radius 1 is 1.21 bits per heavy atom. The monoisotopic (exact) mass is 445 g/mol. The van der Waals surface area contributed by atoms with Gasteiger partial charge < -0.3 is 14.2 Å². The Labute approximate surface area is 173 Å². The van der Waals surface area contributed by atoms with Crippen LogP contribution in [0.25, 0.3) is 0 Å². The molecule has 2 aromatic carbocycles. The van der Waals surface area contributed by atoms with Crippen LogP contribution in [0.2, 0.25) is 0 Å². The van der Waals surface area contributed by atoms with Gasteiger partial charge >= 0.3 is 5.97 Å². The van der Waals surface area contributed by atoms with E-state index in [1.165, 1.54) is 7.11 Å². The fourth-order valence-electron chi connectivity index (χ4n) is 3.90. The van der Waals surface area contributed by atoms with Crippen LogP contribution >= 0.6 is 15.9 Å². The second-order valence-electron chi connectivity index (χ2n) is 7.30. The Bertz CT molecular complexity index is 834. The summed E-state index contributed by atoms with van der Waals surface area (Å²) in [5.74, 6) is 0.842. The number of carbonyl (C=O) groups excluding carboxylic acids is 1. The van der Waals surface area contributed by atoms with Crippen LogP contribution in [-0.4, -0.2) is 31.1 Å². The number of fused-ring (bicyclic) bond motifs is 1. The Morgan fingerprint density at radius 3 is 2.68 bits per heavy atom. The van der Waals surface area contributed by atoms with E-state index in [-0.39, 0.29) is 11.9 Å². The standard InChI is InChI=1S/C22H24BrNO4/c1-26-21(25)15-7-9-24(10-8-15)13-17-11-19(23)12-18-14-27-22(28-20(17)18)16-5-3-2-4-6-16/h2-6,11-12,15,22H,7-10,13-14H2,1H3/t22-/m0/s1. The second-order valence-corrected chi connectivity index (χ2v) is 8.21. The van der Waals surface area contributed by atoms with Crippen LogP contribution in [0, 0.1) is 5.92 Å². The molecular weight excluding hydrogens is 422 g/mol. The first-order valence-corrected chi connectivity index (χ1v) is 10.4. The SMILES string of the molecule is COC(=O)C1CCN(Cc2cc(Br)cc3c2O[C@@H](c2ccccc2)OC3)CC1. The van der Waals surface area contributed by atoms with E-state index in [2.05, 4.69) is 33.0 Å². The fourth-order valence-corrected chi connectivity index (χ4v) is 4.46. The highest BCUT2D eigenvalue weighted by molar-refractivity contribution is 9.10. The second kappa shape index (κ2) is 8.64. The molecule has 0 unspecified atom stereocenters. The molecule has 5 nitrogen and oxygen atoms in total. The minimum Gasteiger partial charge on any atom is -0.469 e. The van der Waals surface area contributed by atoms with Gasteiger partial charge in [0.25, 0.3) is 0 Å². The molecular formula is C22H24BrNO4. The van der Waals surface area contributed by atoms with Crippen molar-refractivity contribution in [2.24, 2.45) is 5.92 Å². The molecule has 1 atom stereocenters. The fraction of sp³-hybridized carbons (Fsp3) is 0.409. The van der Waals surface area contributed by atoms with Gasteiger partial charge in [-0.15, -0.1) is 0 Å². The summed E-state index contributed by atoms with van der Waals surface area (Å²) in [6.07, 6.45) is 1.28. The molecule has 1 fully saturated rings. The number of rotatable bonds is 4. The van der Waals surface area contributed by atoms with Crippen LogP contribution in [0.1, 0.15) is 35.8 Å². The summed E-state index contributed by atoms with van der Waals surface area (Å²) in [6, 6.07) is 14.2. The van der Waals surface area contributed by atoms with Crippen LogP contribution in [0.3, 0.4) is 0 Å². The maximum Gasteiger partial charge on any atom is 0.308 e. The Kier molecular flexibility index (Phi) is 5.99. The number of ether oxygens (including phenoxy) is 3. The number of benzene rings is 2. The van der Waals surface area contributed by atoms with Crippen molar-refractivity contribution in [3.63, 3.8) is 0 Å². The van der Waals surface area contributed by atoms with E-state index in [4.69, 9.17) is 14.2 Å². The number of hydrogen-bond acceptors (Lipinski definition) is 5. The van der Waals surface area contributed by atoms with Crippen molar-refractivity contribution in [1.29, 1.82) is 0 Å². The number of esters is 1. The molecule has 2 aliphatic heterocycles. The average Bonchev–Trinajstić information content (AvgIpc) is 2.74. The third-order valence-electron chi connectivity index (χ3n) is 5.41. The molecule has 28 heavy (non-hydrogen) atoms. The third kappa shape index (κ3) is 4.24. The Hall–Kier alpha value is -1.89. The number of likely N-dealkylation sites (tertiary alicyclic amines) is 1. The number of hydrogen-bond donors (Lipinski definition) is 0. The summed E-state index contributed by atoms with van der Waals surface area (Å²) in [4.78, 5) is 14.1. The first kappa shape index (κ1) is 19.4. The van der Waals surface area contributed by atoms with Crippen LogP contribution < -0.4 is 4.74 Å². The number of carbonyl (C=O) groups is 1. The van der Waals surface area contributed by atoms with Crippen LogP contribution in [-0.2, 0) is 27.4 Å². The maximum atomic E-state index is 11.8. The van der Waals surface area contributed by atoms with Gasteiger partial charge in [-0.25, -0.2) is 0 Å². The van der Waals surface area contributed by atoms with Gasteiger partial charge in [-0.2, -0.15) is 0 Å². The highest BCUT2D eigenvalue weighted by atomic mass is 79.9. The molecule has 0 radical (unpaired) electrons. The van der Waals surface area contributed by atoms with Gasteiger partial charge in [-0.1, -0.05) is 46.3 Å². The van der Waals surface area contributed by atoms with Crippen molar-refractivity contribution in [2.75, 3.05) is 20.2 Å². The largest absolute Gasteiger partial charge is 0.469 e. The van der Waals surface area contributed by atoms with Gasteiger partial charge in [0.2, 0.25) is 6.29 Å². The lowest BCUT2D eigenvalue weighted by Gasteiger charge is -2.33. The minimum absolute atomic E-state index is 0.0183. The Balaban J connectivity index is 1.50. The lowest BCUT2D eigenvalue weighted by atomic mass is 9.96. The topological polar surface area (TPSA) is 48.0 Å². The van der Waals surface area contributed by atoms with E-state index in [9.17, 15) is 4.79 Å². The molecule has 2 aliphatic rings. The first-order chi connectivity index (χ1) is 13.6. The molecule has 4 rings (SSSR count). The number of nitrogens with zero attached hydrogens (tertiary/aromatic N) is 1. The van der Waals surface area contributed by atoms with Gasteiger partial charge in [-0.3, -0.25) is 9.69 Å². The zero-order chi connectivity index (χ0) is 19.5. The molecule has 0 spiro atoms. The zero-order valence-corrected chi connectivity index (χ0v) is 17.5. The van der Waals surface area contributed by atoms with Crippen LogP contribution in [0.5, 0.6) is 5.75 Å². The molecule has 2 heterocycles. The van der Waals surface area contributed by atoms with Crippen molar-refractivity contribution in [2.45, 2.75) is 32.3 Å². The normalized spacial score (nSPS) is 20.3. The molecule has 2 aromatic rings. The highest BCUT2D eigenvalue weighted by Gasteiger charge is 2.28. The van der Waals surface area contributed by atoms with Gasteiger partial charge in [0.05, 0.1) is 19.6 Å². The highest BCUT2D eigenvalue weighted by Crippen LogP contribution is 2.38. The van der Waals surface area contributed by atoms with Crippen LogP contribution in [0.15, 0.2) is 46.9 Å². The van der Waals surface area contributed by atoms with E-state index < -0.39 is 6.29 Å². The summed E-state index contributed by atoms with van der Waals surface area (Å²) in [7, 11) is 1.46. The molecule has 0 saturated carbocycles. The van der Waals surface area contributed by atoms with Crippen molar-refractivity contribution in [3.05, 3.63) is 63.6 Å². The van der Waals surface area contributed by atoms with E-state index >= 15 is 0 Å². The van der Waals surface area contributed by atoms with E-state index in [0.717, 1.165) is 59.4 Å². The van der Waals surface area contributed by atoms with E-state index in [1.807, 2.05) is 30.3 Å². The molecule has 6 heteroatoms. The predicted molar refractivity (Wildman–Crippen MR) is 109 cm³/mol. The predicted octanol–water partition coefficient (Wildman–Crippen LogP) is 4.44.